The second-order valence-electron chi connectivity index (χ2n) is 8.94. The standard InChI is InChI=1S/C24H25N5O2/c25-22-20-21(28-29(23(20)27-14-26-22)13-24(30)9-1-2-10-24)17-4-3-16-12-19(31-18-7-8-18)6-5-15(16)11-17/h3-6,11-12,14,18,30H,1-2,7-10,13H2,(H2,25,26,27). The van der Waals surface area contributed by atoms with E-state index in [9.17, 15) is 5.11 Å². The molecule has 0 radical (unpaired) electrons. The minimum absolute atomic E-state index is 0.379. The number of nitrogens with zero attached hydrogens (tertiary/aromatic N) is 4. The van der Waals surface area contributed by atoms with Gasteiger partial charge < -0.3 is 15.6 Å². The second kappa shape index (κ2) is 6.92. The molecule has 7 heteroatoms. The number of benzene rings is 2. The number of ether oxygens (including phenoxy) is 1. The van der Waals surface area contributed by atoms with E-state index in [0.29, 0.717) is 24.1 Å². The lowest BCUT2D eigenvalue weighted by atomic mass is 10.0. The molecule has 6 rings (SSSR count). The maximum atomic E-state index is 10.9. The molecule has 0 bridgehead atoms. The Balaban J connectivity index is 1.43. The number of rotatable bonds is 5. The van der Waals surface area contributed by atoms with Crippen molar-refractivity contribution >= 4 is 27.6 Å². The lowest BCUT2D eigenvalue weighted by Gasteiger charge is -2.21. The fourth-order valence-corrected chi connectivity index (χ4v) is 4.64. The van der Waals surface area contributed by atoms with Gasteiger partial charge in [-0.2, -0.15) is 5.10 Å². The van der Waals surface area contributed by atoms with Gasteiger partial charge in [0, 0.05) is 5.56 Å². The average Bonchev–Trinajstić information content (AvgIpc) is 3.36. The molecule has 2 saturated carbocycles. The van der Waals surface area contributed by atoms with Crippen molar-refractivity contribution in [2.24, 2.45) is 0 Å². The zero-order chi connectivity index (χ0) is 21.0. The van der Waals surface area contributed by atoms with Crippen LogP contribution < -0.4 is 10.5 Å². The van der Waals surface area contributed by atoms with E-state index < -0.39 is 5.60 Å². The molecule has 0 spiro atoms. The molecule has 2 aliphatic carbocycles. The van der Waals surface area contributed by atoms with Crippen LogP contribution in [0.15, 0.2) is 42.7 Å². The number of nitrogen functional groups attached to an aromatic ring is 1. The van der Waals surface area contributed by atoms with Gasteiger partial charge in [-0.1, -0.05) is 31.0 Å². The Morgan fingerprint density at radius 3 is 2.65 bits per heavy atom. The van der Waals surface area contributed by atoms with Crippen molar-refractivity contribution in [3.05, 3.63) is 42.7 Å². The third kappa shape index (κ3) is 3.39. The van der Waals surface area contributed by atoms with Crippen molar-refractivity contribution in [1.82, 2.24) is 19.7 Å². The zero-order valence-corrected chi connectivity index (χ0v) is 17.3. The number of aromatic nitrogens is 4. The van der Waals surface area contributed by atoms with E-state index in [2.05, 4.69) is 34.2 Å². The van der Waals surface area contributed by atoms with Gasteiger partial charge in [-0.3, -0.25) is 0 Å². The van der Waals surface area contributed by atoms with E-state index in [1.807, 2.05) is 12.1 Å². The highest BCUT2D eigenvalue weighted by molar-refractivity contribution is 6.00. The zero-order valence-electron chi connectivity index (χ0n) is 17.3. The molecule has 2 aliphatic rings. The molecule has 7 nitrogen and oxygen atoms in total. The summed E-state index contributed by atoms with van der Waals surface area (Å²) in [5.41, 5.74) is 7.87. The van der Waals surface area contributed by atoms with E-state index in [1.54, 1.807) is 4.68 Å². The predicted molar refractivity (Wildman–Crippen MR) is 120 cm³/mol. The molecular formula is C24H25N5O2. The van der Waals surface area contributed by atoms with Crippen molar-refractivity contribution in [1.29, 1.82) is 0 Å². The van der Waals surface area contributed by atoms with Gasteiger partial charge in [0.1, 0.15) is 23.6 Å². The molecule has 0 saturated heterocycles. The second-order valence-corrected chi connectivity index (χ2v) is 8.94. The Labute approximate surface area is 179 Å². The molecule has 0 amide bonds. The molecule has 2 fully saturated rings. The summed E-state index contributed by atoms with van der Waals surface area (Å²) >= 11 is 0. The first kappa shape index (κ1) is 18.6. The molecular weight excluding hydrogens is 390 g/mol. The Hall–Kier alpha value is -3.19. The van der Waals surface area contributed by atoms with Gasteiger partial charge in [-0.15, -0.1) is 0 Å². The number of hydrogen-bond acceptors (Lipinski definition) is 6. The van der Waals surface area contributed by atoms with Crippen LogP contribution in [0, 0.1) is 0 Å². The van der Waals surface area contributed by atoms with Crippen LogP contribution in [0.3, 0.4) is 0 Å². The van der Waals surface area contributed by atoms with E-state index in [0.717, 1.165) is 71.7 Å². The first-order valence-corrected chi connectivity index (χ1v) is 11.0. The fourth-order valence-electron chi connectivity index (χ4n) is 4.64. The molecule has 31 heavy (non-hydrogen) atoms. The van der Waals surface area contributed by atoms with Crippen molar-refractivity contribution in [3.8, 4) is 17.0 Å². The van der Waals surface area contributed by atoms with Crippen LogP contribution in [0.1, 0.15) is 38.5 Å². The first-order chi connectivity index (χ1) is 15.1. The van der Waals surface area contributed by atoms with Crippen molar-refractivity contribution in [2.75, 3.05) is 5.73 Å². The summed E-state index contributed by atoms with van der Waals surface area (Å²) in [5.74, 6) is 1.32. The van der Waals surface area contributed by atoms with Crippen LogP contribution in [0.4, 0.5) is 5.82 Å². The fraction of sp³-hybridized carbons (Fsp3) is 0.375. The van der Waals surface area contributed by atoms with Crippen LogP contribution in [-0.2, 0) is 6.54 Å². The predicted octanol–water partition coefficient (Wildman–Crippen LogP) is 4.08. The average molecular weight is 415 g/mol. The van der Waals surface area contributed by atoms with Gasteiger partial charge in [0.25, 0.3) is 0 Å². The normalized spacial score (nSPS) is 18.1. The van der Waals surface area contributed by atoms with Crippen LogP contribution in [-0.4, -0.2) is 36.6 Å². The van der Waals surface area contributed by atoms with Crippen LogP contribution in [0.25, 0.3) is 33.1 Å². The summed E-state index contributed by atoms with van der Waals surface area (Å²) in [6, 6.07) is 12.4. The van der Waals surface area contributed by atoms with Crippen molar-refractivity contribution < 1.29 is 9.84 Å². The molecule has 0 aliphatic heterocycles. The molecule has 0 unspecified atom stereocenters. The third-order valence-corrected chi connectivity index (χ3v) is 6.45. The lowest BCUT2D eigenvalue weighted by Crippen LogP contribution is -2.31. The van der Waals surface area contributed by atoms with Crippen LogP contribution in [0.5, 0.6) is 5.75 Å². The number of aliphatic hydroxyl groups is 1. The quantitative estimate of drug-likeness (QED) is 0.510. The van der Waals surface area contributed by atoms with Gasteiger partial charge in [0.2, 0.25) is 0 Å². The maximum absolute atomic E-state index is 10.9. The van der Waals surface area contributed by atoms with E-state index in [1.165, 1.54) is 6.33 Å². The molecule has 0 atom stereocenters. The molecule has 4 aromatic rings. The van der Waals surface area contributed by atoms with E-state index >= 15 is 0 Å². The highest BCUT2D eigenvalue weighted by Crippen LogP contribution is 2.36. The monoisotopic (exact) mass is 415 g/mol. The van der Waals surface area contributed by atoms with Gasteiger partial charge in [-0.05, 0) is 54.7 Å². The molecule has 2 heterocycles. The topological polar surface area (TPSA) is 99.1 Å². The van der Waals surface area contributed by atoms with E-state index in [4.69, 9.17) is 15.6 Å². The van der Waals surface area contributed by atoms with Crippen LogP contribution in [0.2, 0.25) is 0 Å². The summed E-state index contributed by atoms with van der Waals surface area (Å²) in [4.78, 5) is 8.65. The Bertz CT molecular complexity index is 1290. The maximum Gasteiger partial charge on any atom is 0.164 e. The molecule has 2 aromatic carbocycles. The smallest absolute Gasteiger partial charge is 0.164 e. The molecule has 158 valence electrons. The van der Waals surface area contributed by atoms with Gasteiger partial charge in [-0.25, -0.2) is 14.6 Å². The Morgan fingerprint density at radius 1 is 1.06 bits per heavy atom. The SMILES string of the molecule is Nc1ncnc2c1c(-c1ccc3cc(OC4CC4)ccc3c1)nn2CC1(O)CCCC1. The number of anilines is 1. The lowest BCUT2D eigenvalue weighted by molar-refractivity contribution is 0.0277. The summed E-state index contributed by atoms with van der Waals surface area (Å²) < 4.78 is 7.72. The van der Waals surface area contributed by atoms with Gasteiger partial charge in [0.15, 0.2) is 5.65 Å². The van der Waals surface area contributed by atoms with Gasteiger partial charge >= 0.3 is 0 Å². The number of fused-ring (bicyclic) bond motifs is 2. The summed E-state index contributed by atoms with van der Waals surface area (Å²) in [6.45, 7) is 0.412. The molecule has 2 aromatic heterocycles. The van der Waals surface area contributed by atoms with Crippen LogP contribution >= 0.6 is 0 Å². The highest BCUT2D eigenvalue weighted by atomic mass is 16.5. The Morgan fingerprint density at radius 2 is 1.84 bits per heavy atom. The minimum Gasteiger partial charge on any atom is -0.490 e. The minimum atomic E-state index is -0.739. The number of hydrogen-bond donors (Lipinski definition) is 2. The van der Waals surface area contributed by atoms with Crippen molar-refractivity contribution in [3.63, 3.8) is 0 Å². The third-order valence-electron chi connectivity index (χ3n) is 6.45. The first-order valence-electron chi connectivity index (χ1n) is 11.0. The van der Waals surface area contributed by atoms with Crippen molar-refractivity contribution in [2.45, 2.75) is 56.8 Å². The largest absolute Gasteiger partial charge is 0.490 e. The summed E-state index contributed by atoms with van der Waals surface area (Å²) in [5, 5.41) is 18.7. The Kier molecular flexibility index (Phi) is 4.14. The van der Waals surface area contributed by atoms with Gasteiger partial charge in [0.05, 0.1) is 23.6 Å². The summed E-state index contributed by atoms with van der Waals surface area (Å²) in [6.07, 6.45) is 7.77. The highest BCUT2D eigenvalue weighted by Gasteiger charge is 2.33. The molecule has 3 N–H and O–H groups in total. The van der Waals surface area contributed by atoms with E-state index in [-0.39, 0.29) is 0 Å². The summed E-state index contributed by atoms with van der Waals surface area (Å²) in [7, 11) is 0. The number of nitrogens with two attached hydrogens (primary N) is 1.